The van der Waals surface area contributed by atoms with Gasteiger partial charge in [0.05, 0.1) is 18.7 Å². The number of alkyl halides is 4. The Labute approximate surface area is 177 Å². The van der Waals surface area contributed by atoms with E-state index in [4.69, 9.17) is 0 Å². The van der Waals surface area contributed by atoms with Gasteiger partial charge in [-0.05, 0) is 62.9 Å². The smallest absolute Gasteiger partial charge is 0.352 e. The first-order chi connectivity index (χ1) is 14.6. The van der Waals surface area contributed by atoms with Gasteiger partial charge in [-0.2, -0.15) is 13.2 Å². The van der Waals surface area contributed by atoms with Gasteiger partial charge < -0.3 is 10.2 Å². The lowest BCUT2D eigenvalue weighted by Gasteiger charge is -2.34. The second-order valence-corrected chi connectivity index (χ2v) is 8.24. The molecule has 5 nitrogen and oxygen atoms in total. The molecule has 1 aromatic rings. The molecule has 2 aliphatic heterocycles. The Bertz CT molecular complexity index is 794. The number of hydrogen-bond acceptors (Lipinski definition) is 3. The predicted molar refractivity (Wildman–Crippen MR) is 104 cm³/mol. The SMILES string of the molecule is O=C(NCC1CCN(CC(=O)N2CCCC(F)C2)CC1)c1cc(F)cc(C(F)(F)F)c1. The van der Waals surface area contributed by atoms with E-state index in [1.54, 1.807) is 4.90 Å². The highest BCUT2D eigenvalue weighted by Crippen LogP contribution is 2.30. The van der Waals surface area contributed by atoms with Crippen molar-refractivity contribution >= 4 is 11.8 Å². The molecule has 0 radical (unpaired) electrons. The van der Waals surface area contributed by atoms with Gasteiger partial charge in [0.2, 0.25) is 5.91 Å². The van der Waals surface area contributed by atoms with Gasteiger partial charge in [0.25, 0.3) is 5.91 Å². The number of halogens is 5. The van der Waals surface area contributed by atoms with Crippen molar-refractivity contribution in [2.45, 2.75) is 38.0 Å². The van der Waals surface area contributed by atoms with Gasteiger partial charge in [-0.25, -0.2) is 8.78 Å². The quantitative estimate of drug-likeness (QED) is 0.706. The van der Waals surface area contributed by atoms with Crippen molar-refractivity contribution in [3.05, 3.63) is 35.1 Å². The van der Waals surface area contributed by atoms with Gasteiger partial charge in [0, 0.05) is 18.7 Å². The Morgan fingerprint density at radius 2 is 1.77 bits per heavy atom. The number of likely N-dealkylation sites (tertiary alicyclic amines) is 2. The summed E-state index contributed by atoms with van der Waals surface area (Å²) >= 11 is 0. The molecule has 3 rings (SSSR count). The number of carbonyl (C=O) groups excluding carboxylic acids is 2. The van der Waals surface area contributed by atoms with Crippen molar-refractivity contribution < 1.29 is 31.5 Å². The summed E-state index contributed by atoms with van der Waals surface area (Å²) in [6.07, 6.45) is -3.12. The Kier molecular flexibility index (Phi) is 7.51. The van der Waals surface area contributed by atoms with Gasteiger partial charge in [-0.3, -0.25) is 14.5 Å². The number of carbonyl (C=O) groups is 2. The van der Waals surface area contributed by atoms with Crippen molar-refractivity contribution in [2.24, 2.45) is 5.92 Å². The maximum atomic E-state index is 13.5. The Balaban J connectivity index is 1.44. The van der Waals surface area contributed by atoms with E-state index in [0.29, 0.717) is 57.5 Å². The molecule has 2 amide bonds. The summed E-state index contributed by atoms with van der Waals surface area (Å²) in [5.41, 5.74) is -1.58. The minimum absolute atomic E-state index is 0.0827. The zero-order valence-corrected chi connectivity index (χ0v) is 17.1. The maximum Gasteiger partial charge on any atom is 0.416 e. The van der Waals surface area contributed by atoms with Crippen molar-refractivity contribution in [1.29, 1.82) is 0 Å². The van der Waals surface area contributed by atoms with Crippen LogP contribution < -0.4 is 5.32 Å². The molecule has 1 N–H and O–H groups in total. The number of nitrogens with one attached hydrogen (secondary N) is 1. The van der Waals surface area contributed by atoms with E-state index < -0.39 is 29.6 Å². The molecular formula is C21H26F5N3O2. The lowest BCUT2D eigenvalue weighted by molar-refractivity contribution is -0.138. The molecule has 0 aliphatic carbocycles. The van der Waals surface area contributed by atoms with Crippen LogP contribution in [0.4, 0.5) is 22.0 Å². The van der Waals surface area contributed by atoms with Crippen molar-refractivity contribution in [3.8, 4) is 0 Å². The van der Waals surface area contributed by atoms with E-state index >= 15 is 0 Å². The molecule has 0 aromatic heterocycles. The Morgan fingerprint density at radius 3 is 2.42 bits per heavy atom. The third-order valence-corrected chi connectivity index (χ3v) is 5.82. The molecule has 2 heterocycles. The highest BCUT2D eigenvalue weighted by molar-refractivity contribution is 5.94. The summed E-state index contributed by atoms with van der Waals surface area (Å²) in [6, 6.07) is 1.77. The first-order valence-corrected chi connectivity index (χ1v) is 10.4. The molecule has 0 bridgehead atoms. The summed E-state index contributed by atoms with van der Waals surface area (Å²) in [6.45, 7) is 2.49. The molecule has 0 spiro atoms. The molecule has 31 heavy (non-hydrogen) atoms. The fourth-order valence-electron chi connectivity index (χ4n) is 4.02. The van der Waals surface area contributed by atoms with E-state index in [1.165, 1.54) is 0 Å². The first-order valence-electron chi connectivity index (χ1n) is 10.4. The third kappa shape index (κ3) is 6.62. The highest BCUT2D eigenvalue weighted by Gasteiger charge is 2.32. The second kappa shape index (κ2) is 9.93. The van der Waals surface area contributed by atoms with Crippen LogP contribution in [0.25, 0.3) is 0 Å². The molecule has 2 aliphatic rings. The maximum absolute atomic E-state index is 13.5. The number of benzene rings is 1. The number of rotatable bonds is 5. The molecule has 172 valence electrons. The molecule has 2 fully saturated rings. The Hall–Kier alpha value is -2.23. The van der Waals surface area contributed by atoms with E-state index in [1.807, 2.05) is 4.90 Å². The standard InChI is InChI=1S/C21H26F5N3O2/c22-17-2-1-5-29(12-17)19(30)13-28-6-3-14(4-7-28)11-27-20(31)15-8-16(21(24,25)26)10-18(23)9-15/h8-10,14,17H,1-7,11-13H2,(H,27,31). The van der Waals surface area contributed by atoms with Crippen molar-refractivity contribution in [1.82, 2.24) is 15.1 Å². The molecule has 0 saturated carbocycles. The summed E-state index contributed by atoms with van der Waals surface area (Å²) in [7, 11) is 0. The Morgan fingerprint density at radius 1 is 1.06 bits per heavy atom. The molecule has 1 atom stereocenters. The number of amides is 2. The van der Waals surface area contributed by atoms with Gasteiger partial charge in [0.1, 0.15) is 12.0 Å². The van der Waals surface area contributed by atoms with Gasteiger partial charge in [-0.15, -0.1) is 0 Å². The number of piperidine rings is 2. The number of hydrogen-bond donors (Lipinski definition) is 1. The number of nitrogens with zero attached hydrogens (tertiary/aromatic N) is 2. The van der Waals surface area contributed by atoms with Crippen LogP contribution in [-0.2, 0) is 11.0 Å². The zero-order valence-electron chi connectivity index (χ0n) is 17.1. The van der Waals surface area contributed by atoms with Crippen LogP contribution in [0.3, 0.4) is 0 Å². The van der Waals surface area contributed by atoms with E-state index in [-0.39, 0.29) is 37.0 Å². The topological polar surface area (TPSA) is 52.7 Å². The molecular weight excluding hydrogens is 421 g/mol. The molecule has 1 unspecified atom stereocenters. The van der Waals surface area contributed by atoms with Crippen molar-refractivity contribution in [3.63, 3.8) is 0 Å². The van der Waals surface area contributed by atoms with Gasteiger partial charge >= 0.3 is 6.18 Å². The monoisotopic (exact) mass is 447 g/mol. The first kappa shape index (κ1) is 23.4. The largest absolute Gasteiger partial charge is 0.416 e. The van der Waals surface area contributed by atoms with Gasteiger partial charge in [-0.1, -0.05) is 0 Å². The van der Waals surface area contributed by atoms with Crippen LogP contribution in [0.5, 0.6) is 0 Å². The lowest BCUT2D eigenvalue weighted by atomic mass is 9.96. The van der Waals surface area contributed by atoms with Crippen LogP contribution in [0.1, 0.15) is 41.6 Å². The second-order valence-electron chi connectivity index (χ2n) is 8.24. The average Bonchev–Trinajstić information content (AvgIpc) is 2.72. The highest BCUT2D eigenvalue weighted by atomic mass is 19.4. The summed E-state index contributed by atoms with van der Waals surface area (Å²) < 4.78 is 65.4. The van der Waals surface area contributed by atoms with Crippen LogP contribution in [0, 0.1) is 11.7 Å². The van der Waals surface area contributed by atoms with Crippen LogP contribution in [0.15, 0.2) is 18.2 Å². The lowest BCUT2D eigenvalue weighted by Crippen LogP contribution is -2.47. The van der Waals surface area contributed by atoms with E-state index in [0.717, 1.165) is 6.07 Å². The summed E-state index contributed by atoms with van der Waals surface area (Å²) in [5.74, 6) is -1.85. The third-order valence-electron chi connectivity index (χ3n) is 5.82. The predicted octanol–water partition coefficient (Wildman–Crippen LogP) is 3.25. The average molecular weight is 447 g/mol. The minimum Gasteiger partial charge on any atom is -0.352 e. The van der Waals surface area contributed by atoms with Gasteiger partial charge in [0.15, 0.2) is 0 Å². The van der Waals surface area contributed by atoms with Crippen LogP contribution in [0.2, 0.25) is 0 Å². The van der Waals surface area contributed by atoms with E-state index in [9.17, 15) is 31.5 Å². The molecule has 1 aromatic carbocycles. The fraction of sp³-hybridized carbons (Fsp3) is 0.619. The minimum atomic E-state index is -4.74. The van der Waals surface area contributed by atoms with Crippen LogP contribution >= 0.6 is 0 Å². The summed E-state index contributed by atoms with van der Waals surface area (Å²) in [5, 5.41) is 2.58. The molecule has 10 heteroatoms. The van der Waals surface area contributed by atoms with Crippen LogP contribution in [-0.4, -0.2) is 67.1 Å². The fourth-order valence-corrected chi connectivity index (χ4v) is 4.02. The van der Waals surface area contributed by atoms with Crippen molar-refractivity contribution in [2.75, 3.05) is 39.3 Å². The zero-order chi connectivity index (χ0) is 22.6. The molecule has 2 saturated heterocycles. The normalized spacial score (nSPS) is 21.2. The summed E-state index contributed by atoms with van der Waals surface area (Å²) in [4.78, 5) is 28.1. The van der Waals surface area contributed by atoms with E-state index in [2.05, 4.69) is 5.32 Å².